The molecular formula is C17H16ClNO4S. The second-order valence-electron chi connectivity index (χ2n) is 5.25. The third-order valence-corrected chi connectivity index (χ3v) is 4.36. The number of rotatable bonds is 6. The van der Waals surface area contributed by atoms with E-state index >= 15 is 0 Å². The van der Waals surface area contributed by atoms with Gasteiger partial charge in [-0.2, -0.15) is 0 Å². The van der Waals surface area contributed by atoms with Crippen molar-refractivity contribution in [1.29, 1.82) is 0 Å². The second-order valence-corrected chi connectivity index (χ2v) is 6.96. The van der Waals surface area contributed by atoms with Gasteiger partial charge >= 0.3 is 5.97 Å². The van der Waals surface area contributed by atoms with E-state index < -0.39 is 5.97 Å². The van der Waals surface area contributed by atoms with Gasteiger partial charge < -0.3 is 10.1 Å². The molecule has 0 atom stereocenters. The van der Waals surface area contributed by atoms with Crippen LogP contribution in [0.1, 0.15) is 31.2 Å². The van der Waals surface area contributed by atoms with Crippen LogP contribution in [0.4, 0.5) is 0 Å². The second kappa shape index (κ2) is 8.08. The molecule has 1 aromatic carbocycles. The summed E-state index contributed by atoms with van der Waals surface area (Å²) in [7, 11) is 0. The summed E-state index contributed by atoms with van der Waals surface area (Å²) < 4.78 is 5.35. The minimum atomic E-state index is -0.677. The van der Waals surface area contributed by atoms with Gasteiger partial charge in [0.15, 0.2) is 6.61 Å². The van der Waals surface area contributed by atoms with Gasteiger partial charge in [-0.1, -0.05) is 28.8 Å². The van der Waals surface area contributed by atoms with Gasteiger partial charge in [0.05, 0.1) is 9.21 Å². The number of ketones is 1. The zero-order valence-corrected chi connectivity index (χ0v) is 14.8. The molecule has 126 valence electrons. The van der Waals surface area contributed by atoms with E-state index in [2.05, 4.69) is 5.32 Å². The Kier molecular flexibility index (Phi) is 6.11. The van der Waals surface area contributed by atoms with Crippen molar-refractivity contribution in [3.05, 3.63) is 56.2 Å². The van der Waals surface area contributed by atoms with Gasteiger partial charge in [0.25, 0.3) is 5.91 Å². The van der Waals surface area contributed by atoms with Gasteiger partial charge in [-0.3, -0.25) is 14.4 Å². The molecular weight excluding hydrogens is 350 g/mol. The highest BCUT2D eigenvalue weighted by atomic mass is 35.5. The van der Waals surface area contributed by atoms with Crippen LogP contribution in [-0.2, 0) is 9.53 Å². The molecule has 1 amide bonds. The molecule has 5 nitrogen and oxygen atoms in total. The SMILES string of the molecule is Cc1cc(C)cc(C(=O)NCC(=O)OCC(=O)c2ccc(Cl)s2)c1. The molecule has 7 heteroatoms. The number of ether oxygens (including phenoxy) is 1. The van der Waals surface area contributed by atoms with Crippen LogP contribution in [0.2, 0.25) is 4.34 Å². The lowest BCUT2D eigenvalue weighted by molar-refractivity contribution is -0.141. The summed E-state index contributed by atoms with van der Waals surface area (Å²) in [5, 5.41) is 2.48. The van der Waals surface area contributed by atoms with E-state index in [1.807, 2.05) is 19.9 Å². The summed E-state index contributed by atoms with van der Waals surface area (Å²) in [6, 6.07) is 8.60. The van der Waals surface area contributed by atoms with Crippen LogP contribution in [0, 0.1) is 13.8 Å². The van der Waals surface area contributed by atoms with Crippen molar-refractivity contribution < 1.29 is 19.1 Å². The standard InChI is InChI=1S/C17H16ClNO4S/c1-10-5-11(2)7-12(6-10)17(22)19-8-16(21)23-9-13(20)14-3-4-15(18)24-14/h3-7H,8-9H2,1-2H3,(H,19,22). The van der Waals surface area contributed by atoms with E-state index in [9.17, 15) is 14.4 Å². The first-order chi connectivity index (χ1) is 11.3. The monoisotopic (exact) mass is 365 g/mol. The molecule has 0 aliphatic carbocycles. The molecule has 0 radical (unpaired) electrons. The van der Waals surface area contributed by atoms with Gasteiger partial charge in [-0.25, -0.2) is 0 Å². The third-order valence-electron chi connectivity index (χ3n) is 3.09. The van der Waals surface area contributed by atoms with Crippen LogP contribution >= 0.6 is 22.9 Å². The van der Waals surface area contributed by atoms with Crippen LogP contribution in [0.25, 0.3) is 0 Å². The fraction of sp³-hybridized carbons (Fsp3) is 0.235. The van der Waals surface area contributed by atoms with Crippen LogP contribution in [0.3, 0.4) is 0 Å². The highest BCUT2D eigenvalue weighted by Crippen LogP contribution is 2.21. The molecule has 0 saturated heterocycles. The molecule has 2 aromatic rings. The summed E-state index contributed by atoms with van der Waals surface area (Å²) in [6.45, 7) is 3.10. The van der Waals surface area contributed by atoms with Gasteiger partial charge in [-0.15, -0.1) is 11.3 Å². The van der Waals surface area contributed by atoms with E-state index in [0.29, 0.717) is 14.8 Å². The number of amides is 1. The maximum atomic E-state index is 12.0. The van der Waals surface area contributed by atoms with Crippen LogP contribution in [0.15, 0.2) is 30.3 Å². The number of esters is 1. The zero-order valence-electron chi connectivity index (χ0n) is 13.2. The molecule has 1 aromatic heterocycles. The Bertz CT molecular complexity index is 764. The zero-order chi connectivity index (χ0) is 17.7. The van der Waals surface area contributed by atoms with Crippen LogP contribution < -0.4 is 5.32 Å². The molecule has 2 rings (SSSR count). The van der Waals surface area contributed by atoms with E-state index in [-0.39, 0.29) is 24.8 Å². The molecule has 0 aliphatic heterocycles. The quantitative estimate of drug-likeness (QED) is 0.630. The predicted molar refractivity (Wildman–Crippen MR) is 92.9 cm³/mol. The molecule has 0 unspecified atom stereocenters. The average Bonchev–Trinajstić information content (AvgIpc) is 2.95. The lowest BCUT2D eigenvalue weighted by Crippen LogP contribution is -2.31. The molecule has 0 aliphatic rings. The van der Waals surface area contributed by atoms with Crippen molar-refractivity contribution in [2.24, 2.45) is 0 Å². The van der Waals surface area contributed by atoms with Crippen molar-refractivity contribution in [3.63, 3.8) is 0 Å². The largest absolute Gasteiger partial charge is 0.456 e. The number of Topliss-reactive ketones (excluding diaryl/α,β-unsaturated/α-hetero) is 1. The Morgan fingerprint density at radius 3 is 2.38 bits per heavy atom. The highest BCUT2D eigenvalue weighted by Gasteiger charge is 2.13. The third kappa shape index (κ3) is 5.18. The predicted octanol–water partition coefficient (Wildman–Crippen LogP) is 3.17. The van der Waals surface area contributed by atoms with Crippen molar-refractivity contribution in [1.82, 2.24) is 5.32 Å². The maximum absolute atomic E-state index is 12.0. The number of halogens is 1. The molecule has 24 heavy (non-hydrogen) atoms. The van der Waals surface area contributed by atoms with E-state index in [0.717, 1.165) is 22.5 Å². The lowest BCUT2D eigenvalue weighted by atomic mass is 10.1. The topological polar surface area (TPSA) is 72.5 Å². The van der Waals surface area contributed by atoms with Crippen LogP contribution in [0.5, 0.6) is 0 Å². The van der Waals surface area contributed by atoms with Crippen LogP contribution in [-0.4, -0.2) is 30.8 Å². The smallest absolute Gasteiger partial charge is 0.325 e. The van der Waals surface area contributed by atoms with Gasteiger partial charge in [-0.05, 0) is 38.1 Å². The Hall–Kier alpha value is -2.18. The number of carbonyl (C=O) groups excluding carboxylic acids is 3. The molecule has 1 N–H and O–H groups in total. The Morgan fingerprint density at radius 2 is 1.79 bits per heavy atom. The first-order valence-electron chi connectivity index (χ1n) is 7.16. The maximum Gasteiger partial charge on any atom is 0.325 e. The summed E-state index contributed by atoms with van der Waals surface area (Å²) in [5.74, 6) is -1.38. The van der Waals surface area contributed by atoms with Crippen molar-refractivity contribution in [2.45, 2.75) is 13.8 Å². The molecule has 0 fully saturated rings. The van der Waals surface area contributed by atoms with Gasteiger partial charge in [0.2, 0.25) is 5.78 Å². The van der Waals surface area contributed by atoms with E-state index in [1.165, 1.54) is 0 Å². The number of thiophene rings is 1. The Labute approximate surface area is 148 Å². The number of benzene rings is 1. The molecule has 0 spiro atoms. The number of carbonyl (C=O) groups is 3. The molecule has 0 bridgehead atoms. The fourth-order valence-corrected chi connectivity index (χ4v) is 3.06. The first-order valence-corrected chi connectivity index (χ1v) is 8.35. The summed E-state index contributed by atoms with van der Waals surface area (Å²) in [6.07, 6.45) is 0. The number of nitrogens with one attached hydrogen (secondary N) is 1. The lowest BCUT2D eigenvalue weighted by Gasteiger charge is -2.07. The first kappa shape index (κ1) is 18.2. The number of aryl methyl sites for hydroxylation is 2. The normalized spacial score (nSPS) is 10.3. The summed E-state index contributed by atoms with van der Waals surface area (Å²) in [5.41, 5.74) is 2.40. The average molecular weight is 366 g/mol. The molecule has 0 saturated carbocycles. The number of hydrogen-bond acceptors (Lipinski definition) is 5. The van der Waals surface area contributed by atoms with Crippen molar-refractivity contribution in [3.8, 4) is 0 Å². The molecule has 1 heterocycles. The minimum Gasteiger partial charge on any atom is -0.456 e. The number of hydrogen-bond donors (Lipinski definition) is 1. The van der Waals surface area contributed by atoms with E-state index in [4.69, 9.17) is 16.3 Å². The Morgan fingerprint density at radius 1 is 1.12 bits per heavy atom. The van der Waals surface area contributed by atoms with Gasteiger partial charge in [0, 0.05) is 5.56 Å². The van der Waals surface area contributed by atoms with Crippen molar-refractivity contribution >= 4 is 40.6 Å². The van der Waals surface area contributed by atoms with Crippen molar-refractivity contribution in [2.75, 3.05) is 13.2 Å². The fourth-order valence-electron chi connectivity index (χ4n) is 2.09. The highest BCUT2D eigenvalue weighted by molar-refractivity contribution is 7.18. The summed E-state index contributed by atoms with van der Waals surface area (Å²) in [4.78, 5) is 35.9. The van der Waals surface area contributed by atoms with E-state index in [1.54, 1.807) is 24.3 Å². The minimum absolute atomic E-state index is 0.301. The van der Waals surface area contributed by atoms with Gasteiger partial charge in [0.1, 0.15) is 6.54 Å². The Balaban J connectivity index is 1.80. The summed E-state index contributed by atoms with van der Waals surface area (Å²) >= 11 is 6.86.